The molecule has 0 heterocycles. The summed E-state index contributed by atoms with van der Waals surface area (Å²) in [4.78, 5) is 15.5. The molecule has 2 amide bonds. The minimum Gasteiger partial charge on any atom is -0.497 e. The van der Waals surface area contributed by atoms with E-state index in [-0.39, 0.29) is 13.1 Å². The van der Waals surface area contributed by atoms with Crippen LogP contribution < -0.4 is 24.3 Å². The Morgan fingerprint density at radius 2 is 1.40 bits per heavy atom. The predicted octanol–water partition coefficient (Wildman–Crippen LogP) is 6.31. The molecule has 1 N–H and O–H groups in total. The number of carbonyl (C=O) groups is 1. The predicted molar refractivity (Wildman–Crippen MR) is 155 cm³/mol. The molecule has 0 aromatic heterocycles. The smallest absolute Gasteiger partial charge is 0.318 e. The molecule has 0 aliphatic heterocycles. The van der Waals surface area contributed by atoms with Gasteiger partial charge in [0.25, 0.3) is 0 Å². The van der Waals surface area contributed by atoms with Crippen LogP contribution in [0, 0.1) is 18.7 Å². The molecule has 8 heteroatoms. The minimum atomic E-state index is -1.03. The molecular formula is C32H37FN2O5. The van der Waals surface area contributed by atoms with Gasteiger partial charge in [-0.1, -0.05) is 24.3 Å². The van der Waals surface area contributed by atoms with Gasteiger partial charge in [0.2, 0.25) is 0 Å². The third-order valence-corrected chi connectivity index (χ3v) is 6.40. The SMILES string of the molecule is C#C.C=CC[C@](C)(NC(=O)N(Cc1ccc(OC)cc1OC)Cc1ccc(OC)cc1OC)c1ccccc1F. The molecular weight excluding hydrogens is 511 g/mol. The number of nitrogens with one attached hydrogen (secondary N) is 1. The first-order valence-corrected chi connectivity index (χ1v) is 12.5. The Morgan fingerprint density at radius 1 is 0.900 bits per heavy atom. The first kappa shape index (κ1) is 31.6. The van der Waals surface area contributed by atoms with Gasteiger partial charge >= 0.3 is 6.03 Å². The normalized spacial score (nSPS) is 11.6. The van der Waals surface area contributed by atoms with Crippen LogP contribution in [0.1, 0.15) is 30.0 Å². The molecule has 0 fully saturated rings. The molecule has 7 nitrogen and oxygen atoms in total. The summed E-state index contributed by atoms with van der Waals surface area (Å²) in [6, 6.07) is 16.9. The molecule has 0 spiro atoms. The highest BCUT2D eigenvalue weighted by molar-refractivity contribution is 5.76. The van der Waals surface area contributed by atoms with Gasteiger partial charge in [0, 0.05) is 28.8 Å². The number of carbonyl (C=O) groups excluding carboxylic acids is 1. The number of amides is 2. The molecule has 3 aromatic rings. The summed E-state index contributed by atoms with van der Waals surface area (Å²) < 4.78 is 36.6. The van der Waals surface area contributed by atoms with E-state index in [0.717, 1.165) is 11.1 Å². The van der Waals surface area contributed by atoms with Crippen molar-refractivity contribution in [1.29, 1.82) is 0 Å². The lowest BCUT2D eigenvalue weighted by atomic mass is 9.88. The van der Waals surface area contributed by atoms with Crippen LogP contribution in [0.3, 0.4) is 0 Å². The zero-order chi connectivity index (χ0) is 29.7. The van der Waals surface area contributed by atoms with Crippen LogP contribution in [0.15, 0.2) is 73.3 Å². The number of hydrogen-bond acceptors (Lipinski definition) is 5. The van der Waals surface area contributed by atoms with E-state index >= 15 is 0 Å². The van der Waals surface area contributed by atoms with Crippen LogP contribution >= 0.6 is 0 Å². The second-order valence-electron chi connectivity index (χ2n) is 8.95. The molecule has 0 saturated carbocycles. The highest BCUT2D eigenvalue weighted by Crippen LogP contribution is 2.31. The van der Waals surface area contributed by atoms with Crippen molar-refractivity contribution < 1.29 is 28.1 Å². The Morgan fingerprint density at radius 3 is 1.82 bits per heavy atom. The summed E-state index contributed by atoms with van der Waals surface area (Å²) in [5, 5.41) is 3.06. The van der Waals surface area contributed by atoms with Crippen LogP contribution in [0.4, 0.5) is 9.18 Å². The van der Waals surface area contributed by atoms with Gasteiger partial charge in [-0.05, 0) is 43.7 Å². The number of ether oxygens (including phenoxy) is 4. The van der Waals surface area contributed by atoms with Gasteiger partial charge in [-0.2, -0.15) is 0 Å². The van der Waals surface area contributed by atoms with E-state index in [1.807, 2.05) is 24.3 Å². The number of urea groups is 1. The van der Waals surface area contributed by atoms with Crippen molar-refractivity contribution in [3.63, 3.8) is 0 Å². The maximum absolute atomic E-state index is 14.8. The fourth-order valence-corrected chi connectivity index (χ4v) is 4.32. The lowest BCUT2D eigenvalue weighted by Gasteiger charge is -2.34. The maximum Gasteiger partial charge on any atom is 0.318 e. The quantitative estimate of drug-likeness (QED) is 0.212. The zero-order valence-corrected chi connectivity index (χ0v) is 23.7. The van der Waals surface area contributed by atoms with Crippen molar-refractivity contribution in [1.82, 2.24) is 10.2 Å². The second-order valence-corrected chi connectivity index (χ2v) is 8.95. The van der Waals surface area contributed by atoms with E-state index in [4.69, 9.17) is 18.9 Å². The van der Waals surface area contributed by atoms with Crippen LogP contribution in [-0.4, -0.2) is 39.4 Å². The molecule has 0 bridgehead atoms. The molecule has 3 rings (SSSR count). The van der Waals surface area contributed by atoms with E-state index < -0.39 is 17.4 Å². The van der Waals surface area contributed by atoms with Crippen molar-refractivity contribution in [3.8, 4) is 35.8 Å². The molecule has 0 saturated heterocycles. The second kappa shape index (κ2) is 15.1. The van der Waals surface area contributed by atoms with E-state index in [1.165, 1.54) is 6.07 Å². The fourth-order valence-electron chi connectivity index (χ4n) is 4.32. The Bertz CT molecular complexity index is 1250. The molecule has 1 atom stereocenters. The van der Waals surface area contributed by atoms with Gasteiger partial charge in [-0.3, -0.25) is 0 Å². The Hall–Kier alpha value is -4.64. The third-order valence-electron chi connectivity index (χ3n) is 6.40. The average Bonchev–Trinajstić information content (AvgIpc) is 2.98. The largest absolute Gasteiger partial charge is 0.497 e. The van der Waals surface area contributed by atoms with Crippen molar-refractivity contribution in [2.45, 2.75) is 32.0 Å². The monoisotopic (exact) mass is 548 g/mol. The number of terminal acetylenes is 1. The highest BCUT2D eigenvalue weighted by atomic mass is 19.1. The first-order chi connectivity index (χ1) is 19.3. The van der Waals surface area contributed by atoms with E-state index in [0.29, 0.717) is 35.0 Å². The van der Waals surface area contributed by atoms with Crippen LogP contribution in [0.2, 0.25) is 0 Å². The van der Waals surface area contributed by atoms with Gasteiger partial charge in [-0.15, -0.1) is 19.4 Å². The van der Waals surface area contributed by atoms with Gasteiger partial charge in [0.05, 0.1) is 47.1 Å². The number of rotatable bonds is 12. The van der Waals surface area contributed by atoms with E-state index in [9.17, 15) is 9.18 Å². The summed E-state index contributed by atoms with van der Waals surface area (Å²) in [7, 11) is 6.28. The molecule has 0 radical (unpaired) electrons. The van der Waals surface area contributed by atoms with Gasteiger partial charge in [-0.25, -0.2) is 9.18 Å². The van der Waals surface area contributed by atoms with Gasteiger partial charge < -0.3 is 29.2 Å². The Kier molecular flexibility index (Phi) is 11.9. The first-order valence-electron chi connectivity index (χ1n) is 12.5. The molecule has 212 valence electrons. The molecule has 40 heavy (non-hydrogen) atoms. The fraction of sp³-hybridized carbons (Fsp3) is 0.281. The number of benzene rings is 3. The van der Waals surface area contributed by atoms with Gasteiger partial charge in [0.1, 0.15) is 28.8 Å². The number of hydrogen-bond donors (Lipinski definition) is 1. The minimum absolute atomic E-state index is 0.204. The zero-order valence-electron chi connectivity index (χ0n) is 23.7. The molecule has 3 aromatic carbocycles. The third kappa shape index (κ3) is 7.70. The van der Waals surface area contributed by atoms with Crippen molar-refractivity contribution in [3.05, 3.63) is 95.8 Å². The summed E-state index contributed by atoms with van der Waals surface area (Å²) in [6.45, 7) is 6.01. The summed E-state index contributed by atoms with van der Waals surface area (Å²) >= 11 is 0. The van der Waals surface area contributed by atoms with Crippen LogP contribution in [0.5, 0.6) is 23.0 Å². The maximum atomic E-state index is 14.8. The van der Waals surface area contributed by atoms with Crippen molar-refractivity contribution in [2.75, 3.05) is 28.4 Å². The lowest BCUT2D eigenvalue weighted by Crippen LogP contribution is -2.49. The molecule has 0 aliphatic rings. The summed E-state index contributed by atoms with van der Waals surface area (Å²) in [6.07, 6.45) is 9.99. The average molecular weight is 549 g/mol. The summed E-state index contributed by atoms with van der Waals surface area (Å²) in [5.41, 5.74) is 0.882. The molecule has 0 aliphatic carbocycles. The lowest BCUT2D eigenvalue weighted by molar-refractivity contribution is 0.177. The number of nitrogens with zero attached hydrogens (tertiary/aromatic N) is 1. The highest BCUT2D eigenvalue weighted by Gasteiger charge is 2.32. The van der Waals surface area contributed by atoms with Crippen molar-refractivity contribution in [2.24, 2.45) is 0 Å². The van der Waals surface area contributed by atoms with E-state index in [1.54, 1.807) is 76.7 Å². The van der Waals surface area contributed by atoms with E-state index in [2.05, 4.69) is 24.7 Å². The molecule has 0 unspecified atom stereocenters. The Balaban J connectivity index is 0.00000274. The topological polar surface area (TPSA) is 69.3 Å². The number of methoxy groups -OCH3 is 4. The van der Waals surface area contributed by atoms with Gasteiger partial charge in [0.15, 0.2) is 0 Å². The standard InChI is InChI=1S/C30H35FN2O5.C2H2/c1-7-16-30(2,25-10-8-9-11-26(25)31)32-29(34)33(19-21-12-14-23(35-3)17-27(21)37-5)20-22-13-15-24(36-4)18-28(22)38-6;1-2/h7-15,17-18H,1,16,19-20H2,2-6H3,(H,32,34);1-2H/t30-;/m0./s1. The van der Waals surface area contributed by atoms with Crippen LogP contribution in [-0.2, 0) is 18.6 Å². The summed E-state index contributed by atoms with van der Waals surface area (Å²) in [5.74, 6) is 2.02. The van der Waals surface area contributed by atoms with Crippen LogP contribution in [0.25, 0.3) is 0 Å². The number of halogens is 1. The van der Waals surface area contributed by atoms with Crippen molar-refractivity contribution >= 4 is 6.03 Å². The Labute approximate surface area is 236 Å².